The number of ether oxygens (including phenoxy) is 4. The van der Waals surface area contributed by atoms with Gasteiger partial charge in [-0.2, -0.15) is 26.3 Å². The Balaban J connectivity index is 2.08. The molecule has 2 rings (SSSR count). The van der Waals surface area contributed by atoms with Crippen molar-refractivity contribution in [2.75, 3.05) is 26.4 Å². The summed E-state index contributed by atoms with van der Waals surface area (Å²) in [4.78, 5) is 0. The van der Waals surface area contributed by atoms with Crippen molar-refractivity contribution in [1.82, 2.24) is 0 Å². The molecular formula is C12H16F6O4. The van der Waals surface area contributed by atoms with E-state index in [2.05, 4.69) is 9.47 Å². The Bertz CT molecular complexity index is 361. The zero-order valence-electron chi connectivity index (χ0n) is 11.7. The van der Waals surface area contributed by atoms with E-state index in [9.17, 15) is 26.3 Å². The van der Waals surface area contributed by atoms with Gasteiger partial charge >= 0.3 is 12.4 Å². The predicted octanol–water partition coefficient (Wildman–Crippen LogP) is 2.46. The molecule has 0 N–H and O–H groups in total. The van der Waals surface area contributed by atoms with Crippen molar-refractivity contribution in [2.45, 2.75) is 49.6 Å². The summed E-state index contributed by atoms with van der Waals surface area (Å²) < 4.78 is 97.6. The molecular weight excluding hydrogens is 322 g/mol. The van der Waals surface area contributed by atoms with Crippen LogP contribution in [0.15, 0.2) is 0 Å². The number of hydrogen-bond acceptors (Lipinski definition) is 4. The molecule has 4 nitrogen and oxygen atoms in total. The van der Waals surface area contributed by atoms with Gasteiger partial charge in [-0.15, -0.1) is 0 Å². The second kappa shape index (κ2) is 6.14. The van der Waals surface area contributed by atoms with Crippen LogP contribution < -0.4 is 0 Å². The molecule has 0 spiro atoms. The molecule has 0 saturated carbocycles. The average Bonchev–Trinajstić information content (AvgIpc) is 3.23. The van der Waals surface area contributed by atoms with E-state index in [0.29, 0.717) is 6.61 Å². The summed E-state index contributed by atoms with van der Waals surface area (Å²) in [5, 5.41) is 0. The van der Waals surface area contributed by atoms with Gasteiger partial charge in [-0.3, -0.25) is 0 Å². The zero-order valence-corrected chi connectivity index (χ0v) is 11.7. The van der Waals surface area contributed by atoms with E-state index in [-0.39, 0.29) is 19.3 Å². The van der Waals surface area contributed by atoms with Gasteiger partial charge in [0.2, 0.25) is 0 Å². The molecule has 0 aromatic carbocycles. The standard InChI is InChI=1S/C12H16F6O4/c1-7(19-3-8-4-20-8)2-10(11(13,14)15,12(16,17)18)22-6-9-5-21-9/h7-9H,2-6H2,1H3. The zero-order chi connectivity index (χ0) is 16.6. The molecule has 22 heavy (non-hydrogen) atoms. The first-order chi connectivity index (χ1) is 10.1. The number of rotatable bonds is 8. The number of hydrogen-bond donors (Lipinski definition) is 0. The molecule has 2 fully saturated rings. The molecule has 0 aromatic heterocycles. The molecule has 2 heterocycles. The molecule has 0 aromatic rings. The van der Waals surface area contributed by atoms with E-state index in [1.54, 1.807) is 0 Å². The van der Waals surface area contributed by atoms with E-state index in [0.717, 1.165) is 6.92 Å². The van der Waals surface area contributed by atoms with Crippen molar-refractivity contribution in [3.63, 3.8) is 0 Å². The van der Waals surface area contributed by atoms with Gasteiger partial charge in [-0.25, -0.2) is 0 Å². The van der Waals surface area contributed by atoms with Crippen LogP contribution in [0.3, 0.4) is 0 Å². The Labute approximate surface area is 122 Å². The van der Waals surface area contributed by atoms with Crippen molar-refractivity contribution < 1.29 is 45.3 Å². The molecule has 0 amide bonds. The summed E-state index contributed by atoms with van der Waals surface area (Å²) in [5.41, 5.74) is -4.27. The van der Waals surface area contributed by atoms with Crippen molar-refractivity contribution in [1.29, 1.82) is 0 Å². The molecule has 130 valence electrons. The number of halogens is 6. The Hall–Kier alpha value is -0.580. The summed E-state index contributed by atoms with van der Waals surface area (Å²) in [6.45, 7) is 0.824. The van der Waals surface area contributed by atoms with E-state index in [4.69, 9.17) is 9.47 Å². The molecule has 3 atom stereocenters. The number of alkyl halides is 6. The SMILES string of the molecule is CC(CC(OCC1CO1)(C(F)(F)F)C(F)(F)F)OCC1CO1. The monoisotopic (exact) mass is 338 g/mol. The van der Waals surface area contributed by atoms with Gasteiger partial charge in [-0.05, 0) is 6.92 Å². The minimum absolute atomic E-state index is 0.0430. The van der Waals surface area contributed by atoms with Gasteiger partial charge in [0.1, 0.15) is 12.2 Å². The maximum Gasteiger partial charge on any atom is 0.426 e. The Morgan fingerprint density at radius 1 is 0.955 bits per heavy atom. The smallest absolute Gasteiger partial charge is 0.376 e. The van der Waals surface area contributed by atoms with E-state index < -0.39 is 43.2 Å². The molecule has 10 heteroatoms. The lowest BCUT2D eigenvalue weighted by molar-refractivity contribution is -0.387. The van der Waals surface area contributed by atoms with Crippen LogP contribution in [-0.4, -0.2) is 62.7 Å². The Kier molecular flexibility index (Phi) is 4.96. The second-order valence-electron chi connectivity index (χ2n) is 5.39. The van der Waals surface area contributed by atoms with E-state index >= 15 is 0 Å². The van der Waals surface area contributed by atoms with Gasteiger partial charge in [0.05, 0.1) is 32.5 Å². The highest BCUT2D eigenvalue weighted by atomic mass is 19.4. The minimum Gasteiger partial charge on any atom is -0.376 e. The third kappa shape index (κ3) is 4.24. The Morgan fingerprint density at radius 3 is 1.82 bits per heavy atom. The van der Waals surface area contributed by atoms with Gasteiger partial charge in [-0.1, -0.05) is 0 Å². The molecule has 2 saturated heterocycles. The molecule has 2 aliphatic heterocycles. The largest absolute Gasteiger partial charge is 0.426 e. The fourth-order valence-electron chi connectivity index (χ4n) is 1.91. The van der Waals surface area contributed by atoms with Crippen LogP contribution in [0.2, 0.25) is 0 Å². The summed E-state index contributed by atoms with van der Waals surface area (Å²) in [5.74, 6) is 0. The lowest BCUT2D eigenvalue weighted by Gasteiger charge is -2.38. The predicted molar refractivity (Wildman–Crippen MR) is 60.3 cm³/mol. The highest BCUT2D eigenvalue weighted by Crippen LogP contribution is 2.49. The summed E-state index contributed by atoms with van der Waals surface area (Å²) >= 11 is 0. The van der Waals surface area contributed by atoms with Crippen LogP contribution in [0, 0.1) is 0 Å². The topological polar surface area (TPSA) is 43.5 Å². The Morgan fingerprint density at radius 2 is 1.41 bits per heavy atom. The molecule has 3 unspecified atom stereocenters. The second-order valence-corrected chi connectivity index (χ2v) is 5.39. The fraction of sp³-hybridized carbons (Fsp3) is 1.00. The lowest BCUT2D eigenvalue weighted by Crippen LogP contribution is -2.60. The van der Waals surface area contributed by atoms with Gasteiger partial charge in [0, 0.05) is 6.42 Å². The van der Waals surface area contributed by atoms with Crippen LogP contribution >= 0.6 is 0 Å². The van der Waals surface area contributed by atoms with E-state index in [1.807, 2.05) is 0 Å². The van der Waals surface area contributed by atoms with Crippen molar-refractivity contribution in [3.8, 4) is 0 Å². The van der Waals surface area contributed by atoms with Crippen molar-refractivity contribution >= 4 is 0 Å². The van der Waals surface area contributed by atoms with Gasteiger partial charge in [0.15, 0.2) is 0 Å². The molecule has 0 radical (unpaired) electrons. The third-order valence-electron chi connectivity index (χ3n) is 3.38. The average molecular weight is 338 g/mol. The van der Waals surface area contributed by atoms with E-state index in [1.165, 1.54) is 0 Å². The molecule has 0 aliphatic carbocycles. The fourth-order valence-corrected chi connectivity index (χ4v) is 1.91. The van der Waals surface area contributed by atoms with Gasteiger partial charge in [0.25, 0.3) is 5.60 Å². The first kappa shape index (κ1) is 17.8. The van der Waals surface area contributed by atoms with Crippen molar-refractivity contribution in [3.05, 3.63) is 0 Å². The van der Waals surface area contributed by atoms with Crippen LogP contribution in [0.5, 0.6) is 0 Å². The summed E-state index contributed by atoms with van der Waals surface area (Å²) in [6, 6.07) is 0. The number of epoxide rings is 2. The van der Waals surface area contributed by atoms with Crippen LogP contribution in [0.25, 0.3) is 0 Å². The summed E-state index contributed by atoms with van der Waals surface area (Å²) in [7, 11) is 0. The van der Waals surface area contributed by atoms with Crippen LogP contribution in [0.4, 0.5) is 26.3 Å². The first-order valence-corrected chi connectivity index (χ1v) is 6.67. The quantitative estimate of drug-likeness (QED) is 0.504. The van der Waals surface area contributed by atoms with Gasteiger partial charge < -0.3 is 18.9 Å². The summed E-state index contributed by atoms with van der Waals surface area (Å²) in [6.07, 6.45) is -14.9. The van der Waals surface area contributed by atoms with Crippen molar-refractivity contribution in [2.24, 2.45) is 0 Å². The van der Waals surface area contributed by atoms with Crippen LogP contribution in [0.1, 0.15) is 13.3 Å². The first-order valence-electron chi connectivity index (χ1n) is 6.67. The molecule has 2 aliphatic rings. The maximum absolute atomic E-state index is 13.1. The highest BCUT2D eigenvalue weighted by molar-refractivity contribution is 4.98. The minimum atomic E-state index is -5.62. The van der Waals surface area contributed by atoms with Crippen LogP contribution in [-0.2, 0) is 18.9 Å². The lowest BCUT2D eigenvalue weighted by atomic mass is 9.94. The maximum atomic E-state index is 13.1. The normalized spacial score (nSPS) is 26.9. The highest BCUT2D eigenvalue weighted by Gasteiger charge is 2.72. The third-order valence-corrected chi connectivity index (χ3v) is 3.38. The molecule has 0 bridgehead atoms.